The van der Waals surface area contributed by atoms with Crippen LogP contribution < -0.4 is 10.1 Å². The lowest BCUT2D eigenvalue weighted by atomic mass is 10.2. The molecule has 0 fully saturated rings. The third kappa shape index (κ3) is 3.62. The SMILES string of the molecule is CNC(COc1c(F)cccc1[N+](=O)[O-])C(=O)OC. The molecule has 1 N–H and O–H groups in total. The number of hydrogen-bond donors (Lipinski definition) is 1. The maximum absolute atomic E-state index is 13.5. The molecular formula is C11H13FN2O5. The fraction of sp³-hybridized carbons (Fsp3) is 0.364. The number of rotatable bonds is 6. The molecule has 0 saturated heterocycles. The highest BCUT2D eigenvalue weighted by molar-refractivity contribution is 5.75. The van der Waals surface area contributed by atoms with E-state index < -0.39 is 34.2 Å². The topological polar surface area (TPSA) is 90.7 Å². The minimum absolute atomic E-state index is 0.287. The van der Waals surface area contributed by atoms with Gasteiger partial charge in [-0.25, -0.2) is 4.39 Å². The van der Waals surface area contributed by atoms with Gasteiger partial charge in [-0.3, -0.25) is 14.9 Å². The van der Waals surface area contributed by atoms with Gasteiger partial charge in [-0.15, -0.1) is 0 Å². The van der Waals surface area contributed by atoms with Crippen LogP contribution in [0.5, 0.6) is 5.75 Å². The molecule has 0 bridgehead atoms. The lowest BCUT2D eigenvalue weighted by Gasteiger charge is -2.14. The van der Waals surface area contributed by atoms with Crippen LogP contribution in [0.15, 0.2) is 18.2 Å². The molecule has 0 heterocycles. The lowest BCUT2D eigenvalue weighted by Crippen LogP contribution is -2.40. The number of methoxy groups -OCH3 is 1. The number of ether oxygens (including phenoxy) is 2. The van der Waals surface area contributed by atoms with E-state index in [1.165, 1.54) is 20.2 Å². The van der Waals surface area contributed by atoms with E-state index in [0.717, 1.165) is 12.1 Å². The Bertz CT molecular complexity index is 480. The van der Waals surface area contributed by atoms with Crippen LogP contribution in [-0.4, -0.2) is 37.7 Å². The molecule has 19 heavy (non-hydrogen) atoms. The minimum atomic E-state index is -0.867. The molecule has 0 saturated carbocycles. The van der Waals surface area contributed by atoms with Crippen LogP contribution >= 0.6 is 0 Å². The first-order chi connectivity index (χ1) is 9.01. The Balaban J connectivity index is 2.88. The summed E-state index contributed by atoms with van der Waals surface area (Å²) >= 11 is 0. The monoisotopic (exact) mass is 272 g/mol. The van der Waals surface area contributed by atoms with E-state index in [4.69, 9.17) is 4.74 Å². The Morgan fingerprint density at radius 3 is 2.79 bits per heavy atom. The smallest absolute Gasteiger partial charge is 0.326 e. The van der Waals surface area contributed by atoms with Gasteiger partial charge >= 0.3 is 11.7 Å². The molecule has 0 radical (unpaired) electrons. The van der Waals surface area contributed by atoms with E-state index in [9.17, 15) is 19.3 Å². The first kappa shape index (κ1) is 14.8. The molecule has 0 aliphatic rings. The summed E-state index contributed by atoms with van der Waals surface area (Å²) in [5.74, 6) is -1.98. The average molecular weight is 272 g/mol. The van der Waals surface area contributed by atoms with Gasteiger partial charge in [-0.2, -0.15) is 0 Å². The zero-order valence-corrected chi connectivity index (χ0v) is 10.4. The number of hydrogen-bond acceptors (Lipinski definition) is 6. The highest BCUT2D eigenvalue weighted by Crippen LogP contribution is 2.29. The van der Waals surface area contributed by atoms with Crippen molar-refractivity contribution >= 4 is 11.7 Å². The second-order valence-electron chi connectivity index (χ2n) is 3.52. The summed E-state index contributed by atoms with van der Waals surface area (Å²) in [5.41, 5.74) is -0.500. The molecule has 7 nitrogen and oxygen atoms in total. The molecule has 0 aliphatic heterocycles. The van der Waals surface area contributed by atoms with Gasteiger partial charge in [0.25, 0.3) is 0 Å². The summed E-state index contributed by atoms with van der Waals surface area (Å²) in [6, 6.07) is 2.51. The number of esters is 1. The minimum Gasteiger partial charge on any atom is -0.482 e. The van der Waals surface area contributed by atoms with Gasteiger partial charge < -0.3 is 14.8 Å². The van der Waals surface area contributed by atoms with Crippen LogP contribution in [0.25, 0.3) is 0 Å². The Kier molecular flexibility index (Phi) is 5.19. The summed E-state index contributed by atoms with van der Waals surface area (Å²) in [6.07, 6.45) is 0. The zero-order valence-electron chi connectivity index (χ0n) is 10.4. The average Bonchev–Trinajstić information content (AvgIpc) is 2.40. The van der Waals surface area contributed by atoms with Crippen LogP contribution in [-0.2, 0) is 9.53 Å². The normalized spacial score (nSPS) is 11.7. The van der Waals surface area contributed by atoms with Crippen LogP contribution in [0, 0.1) is 15.9 Å². The first-order valence-electron chi connectivity index (χ1n) is 5.32. The molecule has 0 amide bonds. The fourth-order valence-corrected chi connectivity index (χ4v) is 1.36. The van der Waals surface area contributed by atoms with Crippen molar-refractivity contribution in [3.63, 3.8) is 0 Å². The molecule has 0 spiro atoms. The Labute approximate surface area is 108 Å². The second-order valence-corrected chi connectivity index (χ2v) is 3.52. The molecule has 1 unspecified atom stereocenters. The van der Waals surface area contributed by atoms with E-state index >= 15 is 0 Å². The Hall–Kier alpha value is -2.22. The quantitative estimate of drug-likeness (QED) is 0.469. The number of carbonyl (C=O) groups is 1. The van der Waals surface area contributed by atoms with E-state index in [1.54, 1.807) is 0 Å². The molecule has 8 heteroatoms. The highest BCUT2D eigenvalue weighted by Gasteiger charge is 2.23. The van der Waals surface area contributed by atoms with Crippen molar-refractivity contribution in [3.05, 3.63) is 34.1 Å². The zero-order chi connectivity index (χ0) is 14.4. The molecule has 0 aliphatic carbocycles. The summed E-state index contributed by atoms with van der Waals surface area (Å²) in [7, 11) is 2.68. The number of nitrogens with one attached hydrogen (secondary N) is 1. The second kappa shape index (κ2) is 6.64. The number of nitro benzene ring substituents is 1. The van der Waals surface area contributed by atoms with Crippen LogP contribution in [0.1, 0.15) is 0 Å². The van der Waals surface area contributed by atoms with E-state index in [-0.39, 0.29) is 6.61 Å². The number of likely N-dealkylation sites (N-methyl/N-ethyl adjacent to an activating group) is 1. The lowest BCUT2D eigenvalue weighted by molar-refractivity contribution is -0.386. The summed E-state index contributed by atoms with van der Waals surface area (Å²) in [4.78, 5) is 21.2. The Morgan fingerprint density at radius 1 is 1.58 bits per heavy atom. The van der Waals surface area contributed by atoms with Crippen LogP contribution in [0.4, 0.5) is 10.1 Å². The molecule has 1 aromatic rings. The van der Waals surface area contributed by atoms with Crippen molar-refractivity contribution in [2.75, 3.05) is 20.8 Å². The van der Waals surface area contributed by atoms with Crippen molar-refractivity contribution in [2.45, 2.75) is 6.04 Å². The fourth-order valence-electron chi connectivity index (χ4n) is 1.36. The van der Waals surface area contributed by atoms with Crippen molar-refractivity contribution in [3.8, 4) is 5.75 Å². The van der Waals surface area contributed by atoms with Gasteiger partial charge in [0.05, 0.1) is 12.0 Å². The van der Waals surface area contributed by atoms with Gasteiger partial charge in [-0.1, -0.05) is 6.07 Å². The Morgan fingerprint density at radius 2 is 2.26 bits per heavy atom. The number of carbonyl (C=O) groups excluding carboxylic acids is 1. The third-order valence-corrected chi connectivity index (χ3v) is 2.37. The molecule has 104 valence electrons. The number of nitro groups is 1. The van der Waals surface area contributed by atoms with Gasteiger partial charge in [-0.05, 0) is 13.1 Å². The largest absolute Gasteiger partial charge is 0.482 e. The van der Waals surface area contributed by atoms with Crippen molar-refractivity contribution in [2.24, 2.45) is 0 Å². The van der Waals surface area contributed by atoms with Crippen LogP contribution in [0.3, 0.4) is 0 Å². The predicted molar refractivity (Wildman–Crippen MR) is 63.4 cm³/mol. The standard InChI is InChI=1S/C11H13FN2O5/c1-13-8(11(15)18-2)6-19-10-7(12)4-3-5-9(10)14(16)17/h3-5,8,13H,6H2,1-2H3. The summed E-state index contributed by atoms with van der Waals surface area (Å²) in [6.45, 7) is -0.287. The molecule has 1 rings (SSSR count). The summed E-state index contributed by atoms with van der Waals surface area (Å²) in [5, 5.41) is 13.3. The molecular weight excluding hydrogens is 259 g/mol. The van der Waals surface area contributed by atoms with E-state index in [0.29, 0.717) is 0 Å². The number of halogens is 1. The van der Waals surface area contributed by atoms with Gasteiger partial charge in [0.15, 0.2) is 5.82 Å². The van der Waals surface area contributed by atoms with Gasteiger partial charge in [0.2, 0.25) is 5.75 Å². The van der Waals surface area contributed by atoms with Gasteiger partial charge in [0.1, 0.15) is 12.6 Å². The molecule has 0 aromatic heterocycles. The molecule has 1 atom stereocenters. The number of nitrogens with zero attached hydrogens (tertiary/aromatic N) is 1. The maximum Gasteiger partial charge on any atom is 0.326 e. The van der Waals surface area contributed by atoms with Crippen molar-refractivity contribution in [1.29, 1.82) is 0 Å². The third-order valence-electron chi connectivity index (χ3n) is 2.37. The number of benzene rings is 1. The number of para-hydroxylation sites is 1. The van der Waals surface area contributed by atoms with E-state index in [1.807, 2.05) is 0 Å². The van der Waals surface area contributed by atoms with Gasteiger partial charge in [0, 0.05) is 6.07 Å². The van der Waals surface area contributed by atoms with E-state index in [2.05, 4.69) is 10.1 Å². The maximum atomic E-state index is 13.5. The summed E-state index contributed by atoms with van der Waals surface area (Å²) < 4.78 is 23.0. The highest BCUT2D eigenvalue weighted by atomic mass is 19.1. The van der Waals surface area contributed by atoms with Crippen molar-refractivity contribution in [1.82, 2.24) is 5.32 Å². The van der Waals surface area contributed by atoms with Crippen molar-refractivity contribution < 1.29 is 23.6 Å². The predicted octanol–water partition coefficient (Wildman–Crippen LogP) is 0.874. The molecule has 1 aromatic carbocycles. The van der Waals surface area contributed by atoms with Crippen LogP contribution in [0.2, 0.25) is 0 Å². The first-order valence-corrected chi connectivity index (χ1v) is 5.32.